The van der Waals surface area contributed by atoms with E-state index in [1.54, 1.807) is 0 Å². The summed E-state index contributed by atoms with van der Waals surface area (Å²) in [4.78, 5) is 7.13. The summed E-state index contributed by atoms with van der Waals surface area (Å²) in [7, 11) is 0. The number of hydrogen-bond donors (Lipinski definition) is 1. The van der Waals surface area contributed by atoms with Gasteiger partial charge in [0.1, 0.15) is 0 Å². The molecular weight excluding hydrogens is 186 g/mol. The SMILES string of the molecule is c1cnc2c(c1)CC[C@H]2N1CCNCC1. The van der Waals surface area contributed by atoms with Crippen molar-refractivity contribution in [3.8, 4) is 0 Å². The van der Waals surface area contributed by atoms with Gasteiger partial charge in [0.2, 0.25) is 0 Å². The minimum atomic E-state index is 0.586. The van der Waals surface area contributed by atoms with Crippen molar-refractivity contribution in [2.75, 3.05) is 26.2 Å². The molecule has 0 spiro atoms. The van der Waals surface area contributed by atoms with E-state index in [-0.39, 0.29) is 0 Å². The van der Waals surface area contributed by atoms with E-state index in [0.29, 0.717) is 6.04 Å². The highest BCUT2D eigenvalue weighted by Crippen LogP contribution is 2.33. The number of piperazine rings is 1. The summed E-state index contributed by atoms with van der Waals surface area (Å²) in [6.07, 6.45) is 4.39. The molecule has 1 fully saturated rings. The third-order valence-corrected chi connectivity index (χ3v) is 3.52. The number of fused-ring (bicyclic) bond motifs is 1. The van der Waals surface area contributed by atoms with Crippen LogP contribution in [-0.2, 0) is 6.42 Å². The Labute approximate surface area is 90.5 Å². The number of nitrogens with zero attached hydrogens (tertiary/aromatic N) is 2. The van der Waals surface area contributed by atoms with E-state index >= 15 is 0 Å². The molecule has 1 aromatic heterocycles. The average Bonchev–Trinajstić information content (AvgIpc) is 2.74. The van der Waals surface area contributed by atoms with Gasteiger partial charge in [0, 0.05) is 32.4 Å². The molecule has 1 saturated heterocycles. The Kier molecular flexibility index (Phi) is 2.43. The van der Waals surface area contributed by atoms with Crippen molar-refractivity contribution in [1.29, 1.82) is 0 Å². The van der Waals surface area contributed by atoms with Crippen LogP contribution < -0.4 is 5.32 Å². The Hall–Kier alpha value is -0.930. The smallest absolute Gasteiger partial charge is 0.0607 e. The largest absolute Gasteiger partial charge is 0.314 e. The second-order valence-corrected chi connectivity index (χ2v) is 4.39. The fraction of sp³-hybridized carbons (Fsp3) is 0.583. The Bertz CT molecular complexity index is 344. The molecular formula is C12H17N3. The van der Waals surface area contributed by atoms with Gasteiger partial charge < -0.3 is 5.32 Å². The van der Waals surface area contributed by atoms with E-state index in [0.717, 1.165) is 13.1 Å². The fourth-order valence-electron chi connectivity index (χ4n) is 2.74. The first kappa shape index (κ1) is 9.31. The molecule has 2 aliphatic rings. The van der Waals surface area contributed by atoms with E-state index < -0.39 is 0 Å². The molecule has 0 bridgehead atoms. The summed E-state index contributed by atoms with van der Waals surface area (Å²) in [6.45, 7) is 4.58. The Morgan fingerprint density at radius 1 is 1.33 bits per heavy atom. The molecule has 0 aromatic carbocycles. The Morgan fingerprint density at radius 2 is 2.20 bits per heavy atom. The fourth-order valence-corrected chi connectivity index (χ4v) is 2.74. The maximum atomic E-state index is 4.55. The lowest BCUT2D eigenvalue weighted by Gasteiger charge is -2.32. The number of rotatable bonds is 1. The zero-order valence-electron chi connectivity index (χ0n) is 8.95. The monoisotopic (exact) mass is 203 g/mol. The molecule has 80 valence electrons. The van der Waals surface area contributed by atoms with Crippen LogP contribution in [0.25, 0.3) is 0 Å². The number of pyridine rings is 1. The predicted octanol–water partition coefficient (Wildman–Crippen LogP) is 0.974. The molecule has 2 heterocycles. The molecule has 1 aliphatic heterocycles. The highest BCUT2D eigenvalue weighted by molar-refractivity contribution is 5.28. The summed E-state index contributed by atoms with van der Waals surface area (Å²) >= 11 is 0. The van der Waals surface area contributed by atoms with Crippen LogP contribution in [0.4, 0.5) is 0 Å². The number of aryl methyl sites for hydroxylation is 1. The number of hydrogen-bond acceptors (Lipinski definition) is 3. The minimum Gasteiger partial charge on any atom is -0.314 e. The van der Waals surface area contributed by atoms with Crippen molar-refractivity contribution in [2.45, 2.75) is 18.9 Å². The van der Waals surface area contributed by atoms with Crippen LogP contribution in [-0.4, -0.2) is 36.1 Å². The topological polar surface area (TPSA) is 28.2 Å². The molecule has 15 heavy (non-hydrogen) atoms. The van der Waals surface area contributed by atoms with E-state index in [4.69, 9.17) is 0 Å². The predicted molar refractivity (Wildman–Crippen MR) is 59.7 cm³/mol. The highest BCUT2D eigenvalue weighted by Gasteiger charge is 2.29. The van der Waals surface area contributed by atoms with Crippen LogP contribution in [0.1, 0.15) is 23.7 Å². The van der Waals surface area contributed by atoms with Gasteiger partial charge in [-0.1, -0.05) is 6.07 Å². The lowest BCUT2D eigenvalue weighted by Crippen LogP contribution is -2.44. The van der Waals surface area contributed by atoms with E-state index in [9.17, 15) is 0 Å². The molecule has 3 rings (SSSR count). The number of nitrogens with one attached hydrogen (secondary N) is 1. The normalized spacial score (nSPS) is 26.5. The molecule has 0 unspecified atom stereocenters. The summed E-state index contributed by atoms with van der Waals surface area (Å²) in [5, 5.41) is 3.40. The van der Waals surface area contributed by atoms with E-state index in [1.165, 1.54) is 37.2 Å². The number of aromatic nitrogens is 1. The van der Waals surface area contributed by atoms with Crippen LogP contribution in [0.5, 0.6) is 0 Å². The third-order valence-electron chi connectivity index (χ3n) is 3.52. The van der Waals surface area contributed by atoms with Gasteiger partial charge in [-0.05, 0) is 24.5 Å². The zero-order valence-corrected chi connectivity index (χ0v) is 8.95. The van der Waals surface area contributed by atoms with Gasteiger partial charge in [-0.25, -0.2) is 0 Å². The molecule has 3 heteroatoms. The van der Waals surface area contributed by atoms with Crippen molar-refractivity contribution in [1.82, 2.24) is 15.2 Å². The molecule has 0 saturated carbocycles. The van der Waals surface area contributed by atoms with E-state index in [1.807, 2.05) is 6.20 Å². The van der Waals surface area contributed by atoms with Crippen molar-refractivity contribution in [3.63, 3.8) is 0 Å². The Morgan fingerprint density at radius 3 is 3.07 bits per heavy atom. The van der Waals surface area contributed by atoms with Crippen molar-refractivity contribution < 1.29 is 0 Å². The average molecular weight is 203 g/mol. The maximum absolute atomic E-state index is 4.55. The van der Waals surface area contributed by atoms with Gasteiger partial charge in [0.25, 0.3) is 0 Å². The molecule has 1 aromatic rings. The van der Waals surface area contributed by atoms with Crippen LogP contribution in [0.15, 0.2) is 18.3 Å². The van der Waals surface area contributed by atoms with Gasteiger partial charge >= 0.3 is 0 Å². The molecule has 1 aliphatic carbocycles. The highest BCUT2D eigenvalue weighted by atomic mass is 15.2. The summed E-state index contributed by atoms with van der Waals surface area (Å²) in [6, 6.07) is 4.87. The van der Waals surface area contributed by atoms with Crippen molar-refractivity contribution >= 4 is 0 Å². The quantitative estimate of drug-likeness (QED) is 0.737. The summed E-state index contributed by atoms with van der Waals surface area (Å²) in [5.41, 5.74) is 2.79. The van der Waals surface area contributed by atoms with Gasteiger partial charge in [-0.15, -0.1) is 0 Å². The lowest BCUT2D eigenvalue weighted by molar-refractivity contribution is 0.171. The lowest BCUT2D eigenvalue weighted by atomic mass is 10.1. The standard InChI is InChI=1S/C12H17N3/c1-2-10-3-4-11(12(10)14-5-1)15-8-6-13-7-9-15/h1-2,5,11,13H,3-4,6-9H2/t11-/m1/s1. The van der Waals surface area contributed by atoms with Crippen molar-refractivity contribution in [2.24, 2.45) is 0 Å². The van der Waals surface area contributed by atoms with Gasteiger partial charge in [0.05, 0.1) is 11.7 Å². The van der Waals surface area contributed by atoms with Gasteiger partial charge in [-0.3, -0.25) is 9.88 Å². The molecule has 1 N–H and O–H groups in total. The minimum absolute atomic E-state index is 0.586. The van der Waals surface area contributed by atoms with Gasteiger partial charge in [-0.2, -0.15) is 0 Å². The second kappa shape index (κ2) is 3.91. The maximum Gasteiger partial charge on any atom is 0.0607 e. The first-order valence-corrected chi connectivity index (χ1v) is 5.84. The molecule has 1 atom stereocenters. The molecule has 3 nitrogen and oxygen atoms in total. The zero-order chi connectivity index (χ0) is 10.1. The van der Waals surface area contributed by atoms with Crippen LogP contribution in [0, 0.1) is 0 Å². The summed E-state index contributed by atoms with van der Waals surface area (Å²) < 4.78 is 0. The first-order chi connectivity index (χ1) is 7.45. The van der Waals surface area contributed by atoms with Gasteiger partial charge in [0.15, 0.2) is 0 Å². The first-order valence-electron chi connectivity index (χ1n) is 5.84. The Balaban J connectivity index is 1.83. The third kappa shape index (κ3) is 1.66. The molecule has 0 radical (unpaired) electrons. The second-order valence-electron chi connectivity index (χ2n) is 4.39. The summed E-state index contributed by atoms with van der Waals surface area (Å²) in [5.74, 6) is 0. The van der Waals surface area contributed by atoms with Crippen molar-refractivity contribution in [3.05, 3.63) is 29.6 Å². The van der Waals surface area contributed by atoms with Crippen LogP contribution in [0.2, 0.25) is 0 Å². The molecule has 0 amide bonds. The van der Waals surface area contributed by atoms with E-state index in [2.05, 4.69) is 27.3 Å². The van der Waals surface area contributed by atoms with Crippen LogP contribution >= 0.6 is 0 Å². The van der Waals surface area contributed by atoms with Crippen LogP contribution in [0.3, 0.4) is 0 Å².